The minimum Gasteiger partial charge on any atom is -0.504 e. The summed E-state index contributed by atoms with van der Waals surface area (Å²) in [7, 11) is 0. The van der Waals surface area contributed by atoms with E-state index >= 15 is 0 Å². The smallest absolute Gasteiger partial charge is 0.335 e. The second-order valence-electron chi connectivity index (χ2n) is 9.17. The Morgan fingerprint density at radius 1 is 1.18 bits per heavy atom. The van der Waals surface area contributed by atoms with Gasteiger partial charge in [-0.1, -0.05) is 12.1 Å². The van der Waals surface area contributed by atoms with E-state index in [2.05, 4.69) is 15.6 Å². The highest BCUT2D eigenvalue weighted by atomic mass is 32.1. The van der Waals surface area contributed by atoms with Gasteiger partial charge in [-0.25, -0.2) is 14.2 Å². The van der Waals surface area contributed by atoms with Crippen molar-refractivity contribution < 1.29 is 28.9 Å². The lowest BCUT2D eigenvalue weighted by atomic mass is 9.81. The molecule has 10 heteroatoms. The van der Waals surface area contributed by atoms with Crippen molar-refractivity contribution in [1.82, 2.24) is 10.3 Å². The van der Waals surface area contributed by atoms with Gasteiger partial charge >= 0.3 is 5.97 Å². The molecule has 0 saturated carbocycles. The van der Waals surface area contributed by atoms with E-state index in [-0.39, 0.29) is 40.7 Å². The number of fused-ring (bicyclic) bond motifs is 1. The lowest BCUT2D eigenvalue weighted by molar-refractivity contribution is -0.117. The molecule has 38 heavy (non-hydrogen) atoms. The molecule has 5 rings (SSSR count). The number of aromatic nitrogens is 1. The van der Waals surface area contributed by atoms with Gasteiger partial charge in [-0.05, 0) is 66.4 Å². The predicted molar refractivity (Wildman–Crippen MR) is 141 cm³/mol. The van der Waals surface area contributed by atoms with Crippen LogP contribution in [0.2, 0.25) is 0 Å². The molecule has 1 aliphatic rings. The molecule has 0 spiro atoms. The van der Waals surface area contributed by atoms with Gasteiger partial charge in [0.25, 0.3) is 0 Å². The molecule has 1 amide bonds. The summed E-state index contributed by atoms with van der Waals surface area (Å²) in [6.45, 7) is 2.55. The van der Waals surface area contributed by atoms with E-state index in [4.69, 9.17) is 9.84 Å². The fraction of sp³-hybridized carbons (Fsp3) is 0.179. The Morgan fingerprint density at radius 3 is 2.66 bits per heavy atom. The number of carboxylic acid groups (broad SMARTS) is 1. The zero-order valence-electron chi connectivity index (χ0n) is 20.3. The van der Waals surface area contributed by atoms with E-state index in [1.807, 2.05) is 6.92 Å². The van der Waals surface area contributed by atoms with Gasteiger partial charge in [0.2, 0.25) is 5.91 Å². The Bertz CT molecular complexity index is 1510. The molecular weight excluding hydrogens is 509 g/mol. The zero-order chi connectivity index (χ0) is 26.9. The van der Waals surface area contributed by atoms with E-state index in [0.29, 0.717) is 23.7 Å². The van der Waals surface area contributed by atoms with Gasteiger partial charge in [-0.2, -0.15) is 0 Å². The Kier molecular flexibility index (Phi) is 6.83. The van der Waals surface area contributed by atoms with Crippen LogP contribution in [0.3, 0.4) is 0 Å². The van der Waals surface area contributed by atoms with Gasteiger partial charge in [0, 0.05) is 41.7 Å². The predicted octanol–water partition coefficient (Wildman–Crippen LogP) is 5.54. The number of benzene rings is 3. The highest BCUT2D eigenvalue weighted by Gasteiger charge is 2.35. The standard InChI is InChI=1S/C28H24FN3O5S/c1-28(15-25(34)32-27-30-10-11-38-27)21-14-24(23(33)12-18(21)8-9-31-28)37-19-6-7-20(22(29)13-19)16-2-4-17(5-3-16)26(35)36/h2-7,10-14,31,33H,8-9,15H2,1H3,(H,35,36)(H,30,32,34)/t28-/m1/s1. The third-order valence-corrected chi connectivity index (χ3v) is 7.18. The molecule has 4 aromatic rings. The van der Waals surface area contributed by atoms with Crippen LogP contribution >= 0.6 is 11.3 Å². The number of hydrogen-bond acceptors (Lipinski definition) is 7. The molecule has 4 N–H and O–H groups in total. The highest BCUT2D eigenvalue weighted by Crippen LogP contribution is 2.41. The van der Waals surface area contributed by atoms with Gasteiger partial charge in [0.05, 0.1) is 5.56 Å². The summed E-state index contributed by atoms with van der Waals surface area (Å²) in [5.74, 6) is -1.60. The van der Waals surface area contributed by atoms with Crippen molar-refractivity contribution in [3.8, 4) is 28.4 Å². The summed E-state index contributed by atoms with van der Waals surface area (Å²) in [6, 6.07) is 13.5. The average Bonchev–Trinajstić information content (AvgIpc) is 3.38. The maximum absolute atomic E-state index is 15.0. The number of aromatic carboxylic acids is 1. The Hall–Kier alpha value is -4.28. The second-order valence-corrected chi connectivity index (χ2v) is 10.1. The molecule has 1 atom stereocenters. The molecule has 194 valence electrons. The Morgan fingerprint density at radius 2 is 1.97 bits per heavy atom. The fourth-order valence-electron chi connectivity index (χ4n) is 4.62. The number of phenols is 1. The molecule has 0 bridgehead atoms. The van der Waals surface area contributed by atoms with Crippen molar-refractivity contribution in [2.24, 2.45) is 0 Å². The summed E-state index contributed by atoms with van der Waals surface area (Å²) >= 11 is 1.34. The fourth-order valence-corrected chi connectivity index (χ4v) is 5.17. The van der Waals surface area contributed by atoms with Gasteiger partial charge in [-0.15, -0.1) is 11.3 Å². The summed E-state index contributed by atoms with van der Waals surface area (Å²) in [6.07, 6.45) is 2.41. The van der Waals surface area contributed by atoms with Crippen molar-refractivity contribution in [1.29, 1.82) is 0 Å². The summed E-state index contributed by atoms with van der Waals surface area (Å²) in [5.41, 5.74) is 1.89. The van der Waals surface area contributed by atoms with E-state index in [9.17, 15) is 19.1 Å². The van der Waals surface area contributed by atoms with Crippen molar-refractivity contribution in [3.05, 3.63) is 88.7 Å². The quantitative estimate of drug-likeness (QED) is 0.246. The van der Waals surface area contributed by atoms with Crippen LogP contribution in [0.15, 0.2) is 66.2 Å². The summed E-state index contributed by atoms with van der Waals surface area (Å²) < 4.78 is 20.9. The minimum atomic E-state index is -1.06. The number of halogens is 1. The van der Waals surface area contributed by atoms with Crippen LogP contribution in [-0.4, -0.2) is 33.6 Å². The van der Waals surface area contributed by atoms with Crippen LogP contribution < -0.4 is 15.4 Å². The van der Waals surface area contributed by atoms with Gasteiger partial charge < -0.3 is 25.6 Å². The molecule has 0 saturated heterocycles. The van der Waals surface area contributed by atoms with Crippen molar-refractivity contribution in [3.63, 3.8) is 0 Å². The lowest BCUT2D eigenvalue weighted by Crippen LogP contribution is -2.47. The SMILES string of the molecule is C[C@]1(CC(=O)Nc2nccs2)NCCc2cc(O)c(Oc3ccc(-c4ccc(C(=O)O)cc4)c(F)c3)cc21. The van der Waals surface area contributed by atoms with Crippen LogP contribution in [0.1, 0.15) is 34.8 Å². The molecular formula is C28H24FN3O5S. The number of rotatable bonds is 7. The zero-order valence-corrected chi connectivity index (χ0v) is 21.1. The second kappa shape index (κ2) is 10.2. The van der Waals surface area contributed by atoms with Gasteiger partial charge in [0.1, 0.15) is 11.6 Å². The Labute approximate surface area is 221 Å². The topological polar surface area (TPSA) is 121 Å². The normalized spacial score (nSPS) is 16.5. The number of carbonyl (C=O) groups is 2. The number of carboxylic acids is 1. The van der Waals surface area contributed by atoms with E-state index < -0.39 is 17.3 Å². The molecule has 0 fully saturated rings. The number of hydrogen-bond donors (Lipinski definition) is 4. The third-order valence-electron chi connectivity index (χ3n) is 6.49. The Balaban J connectivity index is 1.38. The first kappa shape index (κ1) is 25.4. The first-order valence-electron chi connectivity index (χ1n) is 11.8. The first-order chi connectivity index (χ1) is 18.2. The van der Waals surface area contributed by atoms with Gasteiger partial charge in [0.15, 0.2) is 16.6 Å². The maximum atomic E-state index is 15.0. The monoisotopic (exact) mass is 533 g/mol. The number of amides is 1. The summed E-state index contributed by atoms with van der Waals surface area (Å²) in [5, 5.41) is 28.2. The van der Waals surface area contributed by atoms with Crippen LogP contribution in [0.4, 0.5) is 9.52 Å². The molecule has 2 heterocycles. The molecule has 8 nitrogen and oxygen atoms in total. The number of nitrogens with one attached hydrogen (secondary N) is 2. The largest absolute Gasteiger partial charge is 0.504 e. The molecule has 0 radical (unpaired) electrons. The first-order valence-corrected chi connectivity index (χ1v) is 12.7. The van der Waals surface area contributed by atoms with Crippen LogP contribution in [0.25, 0.3) is 11.1 Å². The van der Waals surface area contributed by atoms with Crippen LogP contribution in [0.5, 0.6) is 17.2 Å². The molecule has 1 aromatic heterocycles. The number of aromatic hydroxyl groups is 1. The van der Waals surface area contributed by atoms with E-state index in [1.54, 1.807) is 29.8 Å². The van der Waals surface area contributed by atoms with Crippen LogP contribution in [-0.2, 0) is 16.8 Å². The lowest BCUT2D eigenvalue weighted by Gasteiger charge is -2.37. The van der Waals surface area contributed by atoms with Crippen LogP contribution in [0, 0.1) is 5.82 Å². The number of nitrogens with zero attached hydrogens (tertiary/aromatic N) is 1. The van der Waals surface area contributed by atoms with E-state index in [0.717, 1.165) is 11.1 Å². The molecule has 3 aromatic carbocycles. The van der Waals surface area contributed by atoms with Crippen molar-refractivity contribution >= 4 is 28.3 Å². The number of carbonyl (C=O) groups excluding carboxylic acids is 1. The van der Waals surface area contributed by atoms with E-state index in [1.165, 1.54) is 47.7 Å². The number of thiazole rings is 1. The third kappa shape index (κ3) is 5.22. The average molecular weight is 534 g/mol. The molecule has 0 unspecified atom stereocenters. The number of phenolic OH excluding ortho intramolecular Hbond substituents is 1. The molecule has 1 aliphatic heterocycles. The van der Waals surface area contributed by atoms with Crippen molar-refractivity contribution in [2.45, 2.75) is 25.3 Å². The number of anilines is 1. The number of ether oxygens (including phenoxy) is 1. The minimum absolute atomic E-state index is 0.0889. The summed E-state index contributed by atoms with van der Waals surface area (Å²) in [4.78, 5) is 27.9. The maximum Gasteiger partial charge on any atom is 0.335 e. The van der Waals surface area contributed by atoms with Crippen molar-refractivity contribution in [2.75, 3.05) is 11.9 Å². The highest BCUT2D eigenvalue weighted by molar-refractivity contribution is 7.13. The molecule has 0 aliphatic carbocycles. The van der Waals surface area contributed by atoms with Gasteiger partial charge in [-0.3, -0.25) is 4.79 Å².